The van der Waals surface area contributed by atoms with Crippen molar-refractivity contribution in [2.45, 2.75) is 49.6 Å². The lowest BCUT2D eigenvalue weighted by Gasteiger charge is -2.28. The summed E-state index contributed by atoms with van der Waals surface area (Å²) in [6, 6.07) is 0. The first-order valence-electron chi connectivity index (χ1n) is 8.38. The molecule has 1 aliphatic rings. The van der Waals surface area contributed by atoms with Crippen LogP contribution in [-0.2, 0) is 22.7 Å². The number of aromatic nitrogens is 2. The standard InChI is InChI=1S/C12H17F4N2O11P3/c1-6-5-18(10(20)17-9(6)19)8-3-2-7(28-8)4-11(13,14)31(24,25)29-32(26,27)12(15,16)30(21,22)23/h5,7-8H,2-4H2,1H3,(H,24,25)(H,26,27)(H,17,19,20)(H2,21,22,23)/t7-,8?/m0/s1. The minimum absolute atomic E-state index is 0.0833. The SMILES string of the molecule is Cc1cn(C2CC[C@@H](CC(F)(F)P(=O)(O)OP(=O)(O)C(F)(F)P(=O)(O)O)O2)c(=O)[nH]c1=O. The molecule has 4 atom stereocenters. The third kappa shape index (κ3) is 5.16. The van der Waals surface area contributed by atoms with Crippen LogP contribution in [0.5, 0.6) is 0 Å². The number of ether oxygens (including phenoxy) is 1. The highest BCUT2D eigenvalue weighted by Crippen LogP contribution is 2.79. The van der Waals surface area contributed by atoms with Crippen molar-refractivity contribution < 1.29 is 59.9 Å². The first-order chi connectivity index (χ1) is 14.2. The molecule has 0 spiro atoms. The van der Waals surface area contributed by atoms with Crippen molar-refractivity contribution in [1.82, 2.24) is 9.55 Å². The number of nitrogens with zero attached hydrogens (tertiary/aromatic N) is 1. The Morgan fingerprint density at radius 2 is 1.69 bits per heavy atom. The number of aromatic amines is 1. The maximum atomic E-state index is 14.3. The number of hydrogen-bond acceptors (Lipinski definition) is 7. The molecule has 0 aromatic carbocycles. The van der Waals surface area contributed by atoms with Gasteiger partial charge in [0.05, 0.1) is 6.10 Å². The summed E-state index contributed by atoms with van der Waals surface area (Å²) in [6.07, 6.45) is -3.70. The van der Waals surface area contributed by atoms with Gasteiger partial charge in [-0.15, -0.1) is 0 Å². The van der Waals surface area contributed by atoms with Crippen molar-refractivity contribution in [3.05, 3.63) is 32.6 Å². The average Bonchev–Trinajstić information content (AvgIpc) is 3.03. The van der Waals surface area contributed by atoms with Crippen LogP contribution in [0, 0.1) is 6.92 Å². The van der Waals surface area contributed by atoms with Crippen molar-refractivity contribution >= 4 is 22.8 Å². The second-order valence-electron chi connectivity index (χ2n) is 6.81. The Bertz CT molecular complexity index is 1150. The highest BCUT2D eigenvalue weighted by molar-refractivity contribution is 7.76. The van der Waals surface area contributed by atoms with Crippen molar-refractivity contribution in [2.75, 3.05) is 0 Å². The minimum Gasteiger partial charge on any atom is -0.354 e. The van der Waals surface area contributed by atoms with Crippen LogP contribution in [0.4, 0.5) is 17.6 Å². The fourth-order valence-electron chi connectivity index (χ4n) is 2.65. The third-order valence-electron chi connectivity index (χ3n) is 4.34. The lowest BCUT2D eigenvalue weighted by atomic mass is 10.2. The normalized spacial score (nSPS) is 24.2. The Balaban J connectivity index is 2.19. The largest absolute Gasteiger partial charge is 0.444 e. The molecule has 0 amide bonds. The first-order valence-corrected chi connectivity index (χ1v) is 13.1. The van der Waals surface area contributed by atoms with Gasteiger partial charge in [0.25, 0.3) is 5.56 Å². The molecular formula is C12H17F4N2O11P3. The molecule has 2 heterocycles. The lowest BCUT2D eigenvalue weighted by molar-refractivity contribution is -0.0485. The molecule has 184 valence electrons. The first kappa shape index (κ1) is 27.1. The molecule has 5 N–H and O–H groups in total. The molecule has 20 heteroatoms. The van der Waals surface area contributed by atoms with Gasteiger partial charge in [-0.05, 0) is 19.8 Å². The van der Waals surface area contributed by atoms with Crippen molar-refractivity contribution in [3.63, 3.8) is 0 Å². The summed E-state index contributed by atoms with van der Waals surface area (Å²) in [7, 11) is -20.5. The maximum Gasteiger partial charge on any atom is 0.444 e. The summed E-state index contributed by atoms with van der Waals surface area (Å²) < 4.78 is 98.5. The molecule has 1 aliphatic heterocycles. The average molecular weight is 534 g/mol. The minimum atomic E-state index is -7.07. The quantitative estimate of drug-likeness (QED) is 0.239. The van der Waals surface area contributed by atoms with Crippen LogP contribution in [-0.4, -0.2) is 46.3 Å². The fraction of sp³-hybridized carbons (Fsp3) is 0.667. The van der Waals surface area contributed by atoms with Crippen LogP contribution in [0.3, 0.4) is 0 Å². The van der Waals surface area contributed by atoms with E-state index in [1.54, 1.807) is 0 Å². The molecular weight excluding hydrogens is 517 g/mol. The van der Waals surface area contributed by atoms with E-state index in [4.69, 9.17) is 19.4 Å². The number of alkyl halides is 4. The topological polar surface area (TPSA) is 205 Å². The summed E-state index contributed by atoms with van der Waals surface area (Å²) in [5.74, 6) is 0. The number of nitrogens with one attached hydrogen (secondary N) is 1. The smallest absolute Gasteiger partial charge is 0.354 e. The van der Waals surface area contributed by atoms with E-state index in [0.29, 0.717) is 0 Å². The summed E-state index contributed by atoms with van der Waals surface area (Å²) in [4.78, 5) is 60.4. The van der Waals surface area contributed by atoms with E-state index < -0.39 is 63.9 Å². The van der Waals surface area contributed by atoms with E-state index in [2.05, 4.69) is 4.31 Å². The molecule has 32 heavy (non-hydrogen) atoms. The van der Waals surface area contributed by atoms with E-state index in [0.717, 1.165) is 10.8 Å². The van der Waals surface area contributed by atoms with E-state index in [-0.39, 0.29) is 18.4 Å². The molecule has 3 unspecified atom stereocenters. The van der Waals surface area contributed by atoms with Crippen LogP contribution in [0.25, 0.3) is 0 Å². The fourth-order valence-corrected chi connectivity index (χ4v) is 6.81. The summed E-state index contributed by atoms with van der Waals surface area (Å²) in [5, 5.41) is -5.94. The van der Waals surface area contributed by atoms with E-state index >= 15 is 0 Å². The van der Waals surface area contributed by atoms with Gasteiger partial charge in [-0.25, -0.2) is 9.11 Å². The molecule has 0 radical (unpaired) electrons. The van der Waals surface area contributed by atoms with Gasteiger partial charge in [-0.1, -0.05) is 0 Å². The Morgan fingerprint density at radius 3 is 2.22 bits per heavy atom. The van der Waals surface area contributed by atoms with Crippen LogP contribution in [0.2, 0.25) is 0 Å². The van der Waals surface area contributed by atoms with Gasteiger partial charge < -0.3 is 24.3 Å². The lowest BCUT2D eigenvalue weighted by Crippen LogP contribution is -2.33. The van der Waals surface area contributed by atoms with E-state index in [1.807, 2.05) is 4.98 Å². The van der Waals surface area contributed by atoms with Gasteiger partial charge in [0, 0.05) is 18.2 Å². The van der Waals surface area contributed by atoms with Crippen molar-refractivity contribution in [2.24, 2.45) is 0 Å². The molecule has 1 aromatic heterocycles. The van der Waals surface area contributed by atoms with Gasteiger partial charge in [-0.3, -0.25) is 28.0 Å². The van der Waals surface area contributed by atoms with Gasteiger partial charge >= 0.3 is 39.5 Å². The van der Waals surface area contributed by atoms with Gasteiger partial charge in [0.1, 0.15) is 6.23 Å². The number of hydrogen-bond donors (Lipinski definition) is 5. The second-order valence-corrected chi connectivity index (χ2v) is 12.8. The predicted octanol–water partition coefficient (Wildman–Crippen LogP) is 1.62. The molecule has 0 bridgehead atoms. The summed E-state index contributed by atoms with van der Waals surface area (Å²) >= 11 is 0. The molecule has 13 nitrogen and oxygen atoms in total. The van der Waals surface area contributed by atoms with Gasteiger partial charge in [-0.2, -0.15) is 17.6 Å². The second kappa shape index (κ2) is 8.57. The van der Waals surface area contributed by atoms with Crippen LogP contribution < -0.4 is 11.2 Å². The van der Waals surface area contributed by atoms with E-state index in [1.165, 1.54) is 6.92 Å². The Kier molecular flexibility index (Phi) is 7.26. The zero-order valence-electron chi connectivity index (χ0n) is 15.8. The Labute approximate surface area is 175 Å². The molecule has 1 saturated heterocycles. The van der Waals surface area contributed by atoms with E-state index in [9.17, 15) is 45.7 Å². The van der Waals surface area contributed by atoms with Crippen molar-refractivity contribution in [1.29, 1.82) is 0 Å². The zero-order chi connectivity index (χ0) is 24.9. The van der Waals surface area contributed by atoms with Gasteiger partial charge in [0.15, 0.2) is 0 Å². The molecule has 1 aromatic rings. The Hall–Kier alpha value is -1.15. The molecule has 2 rings (SSSR count). The van der Waals surface area contributed by atoms with Crippen molar-refractivity contribution in [3.8, 4) is 0 Å². The summed E-state index contributed by atoms with van der Waals surface area (Å²) in [5.41, 5.74) is -6.52. The highest BCUT2D eigenvalue weighted by atomic mass is 31.3. The predicted molar refractivity (Wildman–Crippen MR) is 96.5 cm³/mol. The number of halogens is 4. The third-order valence-corrected chi connectivity index (χ3v) is 10.0. The summed E-state index contributed by atoms with van der Waals surface area (Å²) in [6.45, 7) is 1.34. The monoisotopic (exact) mass is 534 g/mol. The zero-order valence-corrected chi connectivity index (χ0v) is 18.5. The van der Waals surface area contributed by atoms with Crippen LogP contribution >= 0.6 is 22.8 Å². The number of H-pyrrole nitrogens is 1. The molecule has 1 fully saturated rings. The number of aryl methyl sites for hydroxylation is 1. The maximum absolute atomic E-state index is 14.3. The molecule has 0 saturated carbocycles. The number of rotatable bonds is 8. The Morgan fingerprint density at radius 1 is 1.12 bits per heavy atom. The van der Waals surface area contributed by atoms with Crippen LogP contribution in [0.1, 0.15) is 31.1 Å². The van der Waals surface area contributed by atoms with Gasteiger partial charge in [0.2, 0.25) is 0 Å². The highest BCUT2D eigenvalue weighted by Gasteiger charge is 2.69. The van der Waals surface area contributed by atoms with Crippen LogP contribution in [0.15, 0.2) is 15.8 Å². The molecule has 0 aliphatic carbocycles.